The molecule has 0 saturated heterocycles. The van der Waals surface area contributed by atoms with Crippen molar-refractivity contribution < 1.29 is 0 Å². The molecule has 0 aromatic carbocycles. The monoisotopic (exact) mass is 250 g/mol. The van der Waals surface area contributed by atoms with E-state index in [-0.39, 0.29) is 0 Å². The number of hydrogen-bond donors (Lipinski definition) is 2. The Kier molecular flexibility index (Phi) is 6.47. The van der Waals surface area contributed by atoms with Crippen LogP contribution in [0.2, 0.25) is 0 Å². The van der Waals surface area contributed by atoms with Gasteiger partial charge in [-0.05, 0) is 26.7 Å². The maximum Gasteiger partial charge on any atom is 0.134 e. The lowest BCUT2D eigenvalue weighted by Crippen LogP contribution is -2.17. The van der Waals surface area contributed by atoms with E-state index in [9.17, 15) is 0 Å². The van der Waals surface area contributed by atoms with Gasteiger partial charge < -0.3 is 10.6 Å². The summed E-state index contributed by atoms with van der Waals surface area (Å²) in [7, 11) is 0. The zero-order valence-electron chi connectivity index (χ0n) is 12.1. The van der Waals surface area contributed by atoms with E-state index in [1.54, 1.807) is 6.33 Å². The Hall–Kier alpha value is -1.32. The Morgan fingerprint density at radius 3 is 2.56 bits per heavy atom. The summed E-state index contributed by atoms with van der Waals surface area (Å²) < 4.78 is 0. The summed E-state index contributed by atoms with van der Waals surface area (Å²) in [5.41, 5.74) is 1.11. The Morgan fingerprint density at radius 2 is 1.89 bits per heavy atom. The summed E-state index contributed by atoms with van der Waals surface area (Å²) >= 11 is 0. The van der Waals surface area contributed by atoms with Crippen LogP contribution < -0.4 is 10.6 Å². The molecule has 1 aromatic heterocycles. The standard InChI is InChI=1S/C14H26N4/c1-5-7-8-11(3)18-14-12(4)13(15-9-6-2)16-10-17-14/h10-11H,5-9H2,1-4H3,(H2,15,16,17,18). The third kappa shape index (κ3) is 4.51. The van der Waals surface area contributed by atoms with Gasteiger partial charge in [0.25, 0.3) is 0 Å². The topological polar surface area (TPSA) is 49.8 Å². The lowest BCUT2D eigenvalue weighted by atomic mass is 10.1. The first kappa shape index (κ1) is 14.7. The number of rotatable bonds is 8. The molecule has 0 spiro atoms. The van der Waals surface area contributed by atoms with Gasteiger partial charge in [0.05, 0.1) is 0 Å². The van der Waals surface area contributed by atoms with E-state index in [1.165, 1.54) is 19.3 Å². The van der Waals surface area contributed by atoms with Gasteiger partial charge in [-0.1, -0.05) is 26.7 Å². The highest BCUT2D eigenvalue weighted by Gasteiger charge is 2.08. The van der Waals surface area contributed by atoms with Crippen molar-refractivity contribution >= 4 is 11.6 Å². The van der Waals surface area contributed by atoms with Gasteiger partial charge in [0, 0.05) is 18.2 Å². The summed E-state index contributed by atoms with van der Waals surface area (Å²) in [6, 6.07) is 0.456. The SMILES string of the molecule is CCCCC(C)Nc1ncnc(NCCC)c1C. The van der Waals surface area contributed by atoms with Gasteiger partial charge in [-0.2, -0.15) is 0 Å². The average molecular weight is 250 g/mol. The predicted molar refractivity (Wildman–Crippen MR) is 78.2 cm³/mol. The molecule has 0 aliphatic rings. The van der Waals surface area contributed by atoms with Crippen LogP contribution in [0.5, 0.6) is 0 Å². The molecule has 4 nitrogen and oxygen atoms in total. The van der Waals surface area contributed by atoms with E-state index in [2.05, 4.69) is 48.3 Å². The molecule has 1 heterocycles. The Bertz CT molecular complexity index is 352. The van der Waals surface area contributed by atoms with E-state index in [0.717, 1.165) is 30.2 Å². The van der Waals surface area contributed by atoms with Crippen LogP contribution in [0.4, 0.5) is 11.6 Å². The fourth-order valence-electron chi connectivity index (χ4n) is 1.83. The highest BCUT2D eigenvalue weighted by Crippen LogP contribution is 2.19. The van der Waals surface area contributed by atoms with Gasteiger partial charge in [-0.25, -0.2) is 9.97 Å². The molecule has 1 rings (SSSR count). The van der Waals surface area contributed by atoms with Crippen LogP contribution in [0.1, 0.15) is 52.0 Å². The van der Waals surface area contributed by atoms with Gasteiger partial charge in [0.1, 0.15) is 18.0 Å². The van der Waals surface area contributed by atoms with Gasteiger partial charge in [0.2, 0.25) is 0 Å². The van der Waals surface area contributed by atoms with Crippen molar-refractivity contribution in [2.75, 3.05) is 17.2 Å². The summed E-state index contributed by atoms with van der Waals surface area (Å²) in [5.74, 6) is 1.89. The molecular formula is C14H26N4. The lowest BCUT2D eigenvalue weighted by molar-refractivity contribution is 0.642. The Labute approximate surface area is 111 Å². The normalized spacial score (nSPS) is 12.2. The minimum Gasteiger partial charge on any atom is -0.370 e. The smallest absolute Gasteiger partial charge is 0.134 e. The van der Waals surface area contributed by atoms with Crippen LogP contribution in [0.15, 0.2) is 6.33 Å². The maximum absolute atomic E-state index is 4.33. The number of aromatic nitrogens is 2. The van der Waals surface area contributed by atoms with Crippen molar-refractivity contribution in [1.82, 2.24) is 9.97 Å². The van der Waals surface area contributed by atoms with Gasteiger partial charge >= 0.3 is 0 Å². The molecule has 0 aliphatic heterocycles. The summed E-state index contributed by atoms with van der Waals surface area (Å²) in [6.07, 6.45) is 6.38. The minimum atomic E-state index is 0.456. The fraction of sp³-hybridized carbons (Fsp3) is 0.714. The number of anilines is 2. The van der Waals surface area contributed by atoms with Crippen LogP contribution in [0, 0.1) is 6.92 Å². The van der Waals surface area contributed by atoms with Crippen molar-refractivity contribution in [2.24, 2.45) is 0 Å². The molecule has 0 fully saturated rings. The first-order valence-corrected chi connectivity index (χ1v) is 7.01. The minimum absolute atomic E-state index is 0.456. The summed E-state index contributed by atoms with van der Waals surface area (Å²) in [4.78, 5) is 8.62. The van der Waals surface area contributed by atoms with Crippen molar-refractivity contribution in [3.05, 3.63) is 11.9 Å². The molecule has 2 N–H and O–H groups in total. The number of unbranched alkanes of at least 4 members (excludes halogenated alkanes) is 1. The number of nitrogens with one attached hydrogen (secondary N) is 2. The van der Waals surface area contributed by atoms with Crippen LogP contribution >= 0.6 is 0 Å². The van der Waals surface area contributed by atoms with Crippen molar-refractivity contribution in [3.63, 3.8) is 0 Å². The fourth-order valence-corrected chi connectivity index (χ4v) is 1.83. The largest absolute Gasteiger partial charge is 0.370 e. The molecule has 4 heteroatoms. The number of nitrogens with zero attached hydrogens (tertiary/aromatic N) is 2. The van der Waals surface area contributed by atoms with Crippen LogP contribution in [-0.2, 0) is 0 Å². The molecule has 0 bridgehead atoms. The highest BCUT2D eigenvalue weighted by atomic mass is 15.1. The zero-order chi connectivity index (χ0) is 13.4. The van der Waals surface area contributed by atoms with Crippen LogP contribution in [-0.4, -0.2) is 22.6 Å². The Balaban J connectivity index is 2.64. The number of hydrogen-bond acceptors (Lipinski definition) is 4. The van der Waals surface area contributed by atoms with Crippen LogP contribution in [0.25, 0.3) is 0 Å². The van der Waals surface area contributed by atoms with E-state index >= 15 is 0 Å². The predicted octanol–water partition coefficient (Wildman–Crippen LogP) is 3.60. The molecule has 0 aliphatic carbocycles. The third-order valence-electron chi connectivity index (χ3n) is 3.00. The zero-order valence-corrected chi connectivity index (χ0v) is 12.1. The molecule has 1 unspecified atom stereocenters. The van der Waals surface area contributed by atoms with E-state index < -0.39 is 0 Å². The molecule has 0 amide bonds. The second kappa shape index (κ2) is 7.90. The first-order chi connectivity index (χ1) is 8.69. The molecule has 102 valence electrons. The molecule has 18 heavy (non-hydrogen) atoms. The Morgan fingerprint density at radius 1 is 1.17 bits per heavy atom. The van der Waals surface area contributed by atoms with Crippen molar-refractivity contribution in [1.29, 1.82) is 0 Å². The second-order valence-electron chi connectivity index (χ2n) is 4.81. The van der Waals surface area contributed by atoms with Gasteiger partial charge in [-0.3, -0.25) is 0 Å². The molecule has 0 saturated carbocycles. The lowest BCUT2D eigenvalue weighted by Gasteiger charge is -2.17. The van der Waals surface area contributed by atoms with E-state index in [0.29, 0.717) is 6.04 Å². The molecule has 1 aromatic rings. The highest BCUT2D eigenvalue weighted by molar-refractivity contribution is 5.56. The molecule has 1 atom stereocenters. The van der Waals surface area contributed by atoms with Crippen LogP contribution in [0.3, 0.4) is 0 Å². The second-order valence-corrected chi connectivity index (χ2v) is 4.81. The van der Waals surface area contributed by atoms with Gasteiger partial charge in [0.15, 0.2) is 0 Å². The third-order valence-corrected chi connectivity index (χ3v) is 3.00. The first-order valence-electron chi connectivity index (χ1n) is 7.01. The van der Waals surface area contributed by atoms with Gasteiger partial charge in [-0.15, -0.1) is 0 Å². The quantitative estimate of drug-likeness (QED) is 0.740. The summed E-state index contributed by atoms with van der Waals surface area (Å²) in [6.45, 7) is 9.58. The van der Waals surface area contributed by atoms with E-state index in [4.69, 9.17) is 0 Å². The molecule has 0 radical (unpaired) electrons. The molecular weight excluding hydrogens is 224 g/mol. The maximum atomic E-state index is 4.33. The van der Waals surface area contributed by atoms with Crippen molar-refractivity contribution in [3.8, 4) is 0 Å². The summed E-state index contributed by atoms with van der Waals surface area (Å²) in [5, 5.41) is 6.80. The van der Waals surface area contributed by atoms with Crippen molar-refractivity contribution in [2.45, 2.75) is 59.4 Å². The average Bonchev–Trinajstić information content (AvgIpc) is 2.37. The van der Waals surface area contributed by atoms with E-state index in [1.807, 2.05) is 0 Å².